The van der Waals surface area contributed by atoms with E-state index in [2.05, 4.69) is 25.1 Å². The van der Waals surface area contributed by atoms with Gasteiger partial charge in [-0.15, -0.1) is 0 Å². The van der Waals surface area contributed by atoms with Gasteiger partial charge in [-0.25, -0.2) is 0 Å². The van der Waals surface area contributed by atoms with Crippen LogP contribution in [-0.4, -0.2) is 5.97 Å². The molecule has 0 aliphatic carbocycles. The molecule has 0 saturated heterocycles. The van der Waals surface area contributed by atoms with Crippen LogP contribution in [0.2, 0.25) is 0 Å². The number of fused-ring (bicyclic) bond motifs is 1. The molecule has 0 bridgehead atoms. The Hall–Kier alpha value is -1.83. The van der Waals surface area contributed by atoms with Gasteiger partial charge in [0.25, 0.3) is 0 Å². The second-order valence-corrected chi connectivity index (χ2v) is 5.84. The average molecular weight is 256 g/mol. The van der Waals surface area contributed by atoms with Crippen molar-refractivity contribution in [3.05, 3.63) is 42.0 Å². The molecule has 2 aromatic rings. The summed E-state index contributed by atoms with van der Waals surface area (Å²) < 4.78 is 5.42. The summed E-state index contributed by atoms with van der Waals surface area (Å²) in [6.07, 6.45) is 1.00. The Kier molecular flexibility index (Phi) is 3.61. The Morgan fingerprint density at radius 3 is 2.37 bits per heavy atom. The van der Waals surface area contributed by atoms with Gasteiger partial charge in [-0.1, -0.05) is 31.2 Å². The summed E-state index contributed by atoms with van der Waals surface area (Å²) in [6.45, 7) is 7.69. The maximum atomic E-state index is 11.9. The molecule has 2 aromatic carbocycles. The van der Waals surface area contributed by atoms with E-state index >= 15 is 0 Å². The number of ether oxygens (including phenoxy) is 1. The predicted octanol–water partition coefficient (Wildman–Crippen LogP) is 4.35. The molecule has 0 heterocycles. The zero-order valence-corrected chi connectivity index (χ0v) is 12.0. The molecule has 0 saturated carbocycles. The third-order valence-electron chi connectivity index (χ3n) is 3.11. The molecule has 19 heavy (non-hydrogen) atoms. The fourth-order valence-electron chi connectivity index (χ4n) is 1.82. The van der Waals surface area contributed by atoms with Crippen LogP contribution in [0.15, 0.2) is 36.4 Å². The highest BCUT2D eigenvalue weighted by atomic mass is 16.5. The van der Waals surface area contributed by atoms with Crippen LogP contribution in [0.1, 0.15) is 33.3 Å². The van der Waals surface area contributed by atoms with E-state index in [1.165, 1.54) is 5.56 Å². The Morgan fingerprint density at radius 2 is 1.74 bits per heavy atom. The molecular weight excluding hydrogens is 236 g/mol. The van der Waals surface area contributed by atoms with Gasteiger partial charge < -0.3 is 4.74 Å². The molecule has 0 aliphatic heterocycles. The molecule has 0 fully saturated rings. The molecule has 0 atom stereocenters. The molecule has 2 nitrogen and oxygen atoms in total. The molecule has 0 N–H and O–H groups in total. The van der Waals surface area contributed by atoms with Crippen molar-refractivity contribution in [3.63, 3.8) is 0 Å². The van der Waals surface area contributed by atoms with Crippen LogP contribution < -0.4 is 4.74 Å². The van der Waals surface area contributed by atoms with Gasteiger partial charge in [0.1, 0.15) is 5.75 Å². The first-order valence-corrected chi connectivity index (χ1v) is 6.65. The summed E-state index contributed by atoms with van der Waals surface area (Å²) >= 11 is 0. The summed E-state index contributed by atoms with van der Waals surface area (Å²) in [5, 5.41) is 2.27. The maximum Gasteiger partial charge on any atom is 0.316 e. The molecule has 0 amide bonds. The van der Waals surface area contributed by atoms with E-state index in [0.717, 1.165) is 17.2 Å². The Morgan fingerprint density at radius 1 is 1.05 bits per heavy atom. The van der Waals surface area contributed by atoms with E-state index in [1.807, 2.05) is 39.0 Å². The lowest BCUT2D eigenvalue weighted by atomic mass is 9.97. The first-order chi connectivity index (χ1) is 8.90. The van der Waals surface area contributed by atoms with Crippen molar-refractivity contribution in [1.82, 2.24) is 0 Å². The number of hydrogen-bond acceptors (Lipinski definition) is 2. The average Bonchev–Trinajstić information content (AvgIpc) is 2.36. The number of hydrogen-bond donors (Lipinski definition) is 0. The van der Waals surface area contributed by atoms with Crippen molar-refractivity contribution in [3.8, 4) is 5.75 Å². The number of aryl methyl sites for hydroxylation is 1. The minimum absolute atomic E-state index is 0.210. The number of esters is 1. The highest BCUT2D eigenvalue weighted by molar-refractivity contribution is 5.86. The second kappa shape index (κ2) is 5.04. The van der Waals surface area contributed by atoms with Gasteiger partial charge in [0.2, 0.25) is 0 Å². The molecule has 0 unspecified atom stereocenters. The van der Waals surface area contributed by atoms with E-state index < -0.39 is 5.41 Å². The molecule has 0 radical (unpaired) electrons. The highest BCUT2D eigenvalue weighted by Crippen LogP contribution is 2.24. The third kappa shape index (κ3) is 3.14. The summed E-state index contributed by atoms with van der Waals surface area (Å²) in [4.78, 5) is 11.9. The summed E-state index contributed by atoms with van der Waals surface area (Å²) in [6, 6.07) is 12.1. The van der Waals surface area contributed by atoms with Gasteiger partial charge in [-0.05, 0) is 55.7 Å². The van der Waals surface area contributed by atoms with Crippen molar-refractivity contribution >= 4 is 16.7 Å². The highest BCUT2D eigenvalue weighted by Gasteiger charge is 2.23. The molecule has 2 rings (SSSR count). The maximum absolute atomic E-state index is 11.9. The quantitative estimate of drug-likeness (QED) is 0.589. The van der Waals surface area contributed by atoms with Crippen LogP contribution >= 0.6 is 0 Å². The normalized spacial score (nSPS) is 11.6. The van der Waals surface area contributed by atoms with Crippen LogP contribution in [0.3, 0.4) is 0 Å². The van der Waals surface area contributed by atoms with Crippen molar-refractivity contribution < 1.29 is 9.53 Å². The lowest BCUT2D eigenvalue weighted by Gasteiger charge is -2.16. The minimum Gasteiger partial charge on any atom is -0.426 e. The van der Waals surface area contributed by atoms with E-state index in [4.69, 9.17) is 4.74 Å². The number of carbonyl (C=O) groups is 1. The minimum atomic E-state index is -0.486. The zero-order valence-electron chi connectivity index (χ0n) is 12.0. The fourth-order valence-corrected chi connectivity index (χ4v) is 1.82. The lowest BCUT2D eigenvalue weighted by Crippen LogP contribution is -2.25. The largest absolute Gasteiger partial charge is 0.426 e. The van der Waals surface area contributed by atoms with E-state index in [1.54, 1.807) is 0 Å². The van der Waals surface area contributed by atoms with Crippen molar-refractivity contribution in [2.45, 2.75) is 34.1 Å². The first kappa shape index (κ1) is 13.6. The molecule has 0 spiro atoms. The van der Waals surface area contributed by atoms with E-state index in [9.17, 15) is 4.79 Å². The first-order valence-electron chi connectivity index (χ1n) is 6.65. The Bertz CT molecular complexity index is 606. The number of carbonyl (C=O) groups excluding carboxylic acids is 1. The van der Waals surface area contributed by atoms with Gasteiger partial charge >= 0.3 is 5.97 Å². The Labute approximate surface area is 114 Å². The summed E-state index contributed by atoms with van der Waals surface area (Å²) in [5.74, 6) is 0.402. The Balaban J connectivity index is 2.33. The molecule has 0 aliphatic rings. The SMILES string of the molecule is CCc1ccc2ccc(OC(=O)C(C)(C)C)cc2c1. The molecule has 100 valence electrons. The monoisotopic (exact) mass is 256 g/mol. The van der Waals surface area contributed by atoms with Crippen LogP contribution in [0.25, 0.3) is 10.8 Å². The lowest BCUT2D eigenvalue weighted by molar-refractivity contribution is -0.142. The van der Waals surface area contributed by atoms with Gasteiger partial charge in [0, 0.05) is 0 Å². The topological polar surface area (TPSA) is 26.3 Å². The van der Waals surface area contributed by atoms with Crippen LogP contribution in [0.4, 0.5) is 0 Å². The van der Waals surface area contributed by atoms with Crippen LogP contribution in [-0.2, 0) is 11.2 Å². The van der Waals surface area contributed by atoms with Gasteiger partial charge in [-0.3, -0.25) is 4.79 Å². The van der Waals surface area contributed by atoms with Crippen molar-refractivity contribution in [2.75, 3.05) is 0 Å². The second-order valence-electron chi connectivity index (χ2n) is 5.84. The van der Waals surface area contributed by atoms with E-state index in [-0.39, 0.29) is 5.97 Å². The fraction of sp³-hybridized carbons (Fsp3) is 0.353. The predicted molar refractivity (Wildman–Crippen MR) is 78.4 cm³/mol. The number of rotatable bonds is 2. The van der Waals surface area contributed by atoms with Crippen molar-refractivity contribution in [2.24, 2.45) is 5.41 Å². The van der Waals surface area contributed by atoms with Gasteiger partial charge in [0.05, 0.1) is 5.41 Å². The van der Waals surface area contributed by atoms with Crippen molar-refractivity contribution in [1.29, 1.82) is 0 Å². The standard InChI is InChI=1S/C17H20O2/c1-5-12-6-7-13-8-9-15(11-14(13)10-12)19-16(18)17(2,3)4/h6-11H,5H2,1-4H3. The molecule has 0 aromatic heterocycles. The van der Waals surface area contributed by atoms with Crippen LogP contribution in [0.5, 0.6) is 5.75 Å². The number of benzene rings is 2. The van der Waals surface area contributed by atoms with E-state index in [0.29, 0.717) is 5.75 Å². The zero-order chi connectivity index (χ0) is 14.0. The summed E-state index contributed by atoms with van der Waals surface area (Å²) in [7, 11) is 0. The van der Waals surface area contributed by atoms with Gasteiger partial charge in [-0.2, -0.15) is 0 Å². The van der Waals surface area contributed by atoms with Crippen LogP contribution in [0, 0.1) is 5.41 Å². The summed E-state index contributed by atoms with van der Waals surface area (Å²) in [5.41, 5.74) is 0.798. The smallest absolute Gasteiger partial charge is 0.316 e. The molecule has 2 heteroatoms. The molecular formula is C17H20O2. The third-order valence-corrected chi connectivity index (χ3v) is 3.11. The van der Waals surface area contributed by atoms with Gasteiger partial charge in [0.15, 0.2) is 0 Å².